The summed E-state index contributed by atoms with van der Waals surface area (Å²) in [6, 6.07) is -0.00565. The van der Waals surface area contributed by atoms with Gasteiger partial charge in [0.15, 0.2) is 0 Å². The molecule has 5 nitrogen and oxygen atoms in total. The molecule has 1 amide bonds. The van der Waals surface area contributed by atoms with E-state index in [4.69, 9.17) is 4.74 Å². The van der Waals surface area contributed by atoms with Gasteiger partial charge in [-0.1, -0.05) is 11.3 Å². The summed E-state index contributed by atoms with van der Waals surface area (Å²) in [5, 5.41) is 5.88. The van der Waals surface area contributed by atoms with Gasteiger partial charge in [-0.2, -0.15) is 4.91 Å². The monoisotopic (exact) mass is 224 g/mol. The Balaban J connectivity index is 2.17. The molecule has 4 unspecified atom stereocenters. The highest BCUT2D eigenvalue weighted by molar-refractivity contribution is 5.88. The van der Waals surface area contributed by atoms with Crippen LogP contribution >= 0.6 is 0 Å². The minimum Gasteiger partial charge on any atom is -0.381 e. The first-order chi connectivity index (χ1) is 7.76. The van der Waals surface area contributed by atoms with E-state index >= 15 is 0 Å². The van der Waals surface area contributed by atoms with Crippen LogP contribution in [0.4, 0.5) is 0 Å². The molecule has 0 bridgehead atoms. The average molecular weight is 224 g/mol. The van der Waals surface area contributed by atoms with Gasteiger partial charge >= 0.3 is 0 Å². The van der Waals surface area contributed by atoms with E-state index in [1.807, 2.05) is 6.08 Å². The summed E-state index contributed by atoms with van der Waals surface area (Å²) in [5.74, 6) is 0.222. The highest BCUT2D eigenvalue weighted by Crippen LogP contribution is 2.34. The third kappa shape index (κ3) is 2.00. The van der Waals surface area contributed by atoms with Crippen LogP contribution in [0.5, 0.6) is 0 Å². The molecule has 1 heterocycles. The van der Waals surface area contributed by atoms with Gasteiger partial charge in [-0.3, -0.25) is 4.79 Å². The molecular formula is C11H16N2O3. The number of hydrogen-bond acceptors (Lipinski definition) is 4. The number of ether oxygens (including phenoxy) is 1. The molecule has 0 spiro atoms. The Bertz CT molecular complexity index is 316. The molecule has 2 aliphatic rings. The predicted octanol–water partition coefficient (Wildman–Crippen LogP) is 0.849. The van der Waals surface area contributed by atoms with E-state index < -0.39 is 0 Å². The fourth-order valence-electron chi connectivity index (χ4n) is 2.76. The number of nitrogens with one attached hydrogen (secondary N) is 1. The number of methoxy groups -OCH3 is 1. The molecule has 1 saturated carbocycles. The second-order valence-electron chi connectivity index (χ2n) is 4.38. The largest absolute Gasteiger partial charge is 0.381 e. The van der Waals surface area contributed by atoms with E-state index in [2.05, 4.69) is 10.5 Å². The van der Waals surface area contributed by atoms with Crippen molar-refractivity contribution in [2.24, 2.45) is 17.0 Å². The summed E-state index contributed by atoms with van der Waals surface area (Å²) >= 11 is 0. The molecule has 1 aliphatic heterocycles. The van der Waals surface area contributed by atoms with Crippen LogP contribution in [0.2, 0.25) is 0 Å². The Labute approximate surface area is 94.2 Å². The fraction of sp³-hybridized carbons (Fsp3) is 0.727. The lowest BCUT2D eigenvalue weighted by Crippen LogP contribution is -2.54. The Morgan fingerprint density at radius 2 is 2.38 bits per heavy atom. The van der Waals surface area contributed by atoms with Crippen molar-refractivity contribution in [3.8, 4) is 0 Å². The molecule has 2 rings (SSSR count). The first-order valence-electron chi connectivity index (χ1n) is 5.57. The van der Waals surface area contributed by atoms with Gasteiger partial charge in [0.1, 0.15) is 0 Å². The zero-order valence-corrected chi connectivity index (χ0v) is 9.26. The van der Waals surface area contributed by atoms with Crippen molar-refractivity contribution in [1.29, 1.82) is 0 Å². The van der Waals surface area contributed by atoms with Crippen LogP contribution in [-0.4, -0.2) is 31.7 Å². The molecule has 0 aromatic carbocycles. The van der Waals surface area contributed by atoms with Crippen molar-refractivity contribution in [2.75, 3.05) is 13.7 Å². The SMILES string of the molecule is COC1CCC2C=CC(=O)NC2C1CN=O. The minimum absolute atomic E-state index is 0.00449. The molecule has 4 atom stereocenters. The molecule has 1 aliphatic carbocycles. The van der Waals surface area contributed by atoms with Gasteiger partial charge < -0.3 is 10.1 Å². The van der Waals surface area contributed by atoms with E-state index in [9.17, 15) is 9.70 Å². The first-order valence-corrected chi connectivity index (χ1v) is 5.57. The lowest BCUT2D eigenvalue weighted by atomic mass is 9.73. The van der Waals surface area contributed by atoms with Crippen molar-refractivity contribution >= 4 is 5.91 Å². The summed E-state index contributed by atoms with van der Waals surface area (Å²) in [6.07, 6.45) is 5.42. The third-order valence-electron chi connectivity index (χ3n) is 3.58. The van der Waals surface area contributed by atoms with Gasteiger partial charge in [0.05, 0.1) is 12.6 Å². The van der Waals surface area contributed by atoms with Crippen molar-refractivity contribution in [2.45, 2.75) is 25.0 Å². The Hall–Kier alpha value is -1.23. The van der Waals surface area contributed by atoms with E-state index in [-0.39, 0.29) is 30.5 Å². The molecule has 1 fully saturated rings. The number of rotatable bonds is 3. The molecule has 0 saturated heterocycles. The van der Waals surface area contributed by atoms with Crippen molar-refractivity contribution in [3.05, 3.63) is 17.1 Å². The average Bonchev–Trinajstić information content (AvgIpc) is 2.30. The Morgan fingerprint density at radius 1 is 1.56 bits per heavy atom. The summed E-state index contributed by atoms with van der Waals surface area (Å²) in [7, 11) is 1.64. The van der Waals surface area contributed by atoms with E-state index in [1.165, 1.54) is 0 Å². The van der Waals surface area contributed by atoms with Crippen LogP contribution in [0.15, 0.2) is 17.3 Å². The molecule has 88 valence electrons. The van der Waals surface area contributed by atoms with Crippen molar-refractivity contribution in [1.82, 2.24) is 5.32 Å². The van der Waals surface area contributed by atoms with Gasteiger partial charge in [-0.05, 0) is 24.8 Å². The second-order valence-corrected chi connectivity index (χ2v) is 4.38. The number of amides is 1. The van der Waals surface area contributed by atoms with Gasteiger partial charge in [-0.25, -0.2) is 0 Å². The molecule has 1 N–H and O–H groups in total. The van der Waals surface area contributed by atoms with Gasteiger partial charge in [0.2, 0.25) is 5.91 Å². The topological polar surface area (TPSA) is 67.8 Å². The summed E-state index contributed by atoms with van der Waals surface area (Å²) < 4.78 is 5.37. The van der Waals surface area contributed by atoms with Crippen LogP contribution in [0.3, 0.4) is 0 Å². The van der Waals surface area contributed by atoms with Crippen LogP contribution in [0, 0.1) is 16.7 Å². The fourth-order valence-corrected chi connectivity index (χ4v) is 2.76. The van der Waals surface area contributed by atoms with Crippen molar-refractivity contribution < 1.29 is 9.53 Å². The van der Waals surface area contributed by atoms with E-state index in [0.29, 0.717) is 5.92 Å². The summed E-state index contributed by atoms with van der Waals surface area (Å²) in [5.41, 5.74) is 0. The summed E-state index contributed by atoms with van der Waals surface area (Å²) in [6.45, 7) is 0.202. The normalized spacial score (nSPS) is 37.7. The number of carbonyl (C=O) groups is 1. The highest BCUT2D eigenvalue weighted by Gasteiger charge is 2.40. The second kappa shape index (κ2) is 4.74. The molecule has 0 aromatic heterocycles. The Morgan fingerprint density at radius 3 is 3.06 bits per heavy atom. The van der Waals surface area contributed by atoms with Gasteiger partial charge in [0.25, 0.3) is 0 Å². The number of fused-ring (bicyclic) bond motifs is 1. The maximum atomic E-state index is 11.3. The Kier molecular flexibility index (Phi) is 3.33. The first kappa shape index (κ1) is 11.3. The summed E-state index contributed by atoms with van der Waals surface area (Å²) in [4.78, 5) is 21.8. The molecular weight excluding hydrogens is 208 g/mol. The maximum Gasteiger partial charge on any atom is 0.243 e. The lowest BCUT2D eigenvalue weighted by Gasteiger charge is -2.42. The van der Waals surface area contributed by atoms with Crippen LogP contribution in [0.25, 0.3) is 0 Å². The maximum absolute atomic E-state index is 11.3. The molecule has 16 heavy (non-hydrogen) atoms. The minimum atomic E-state index is -0.0890. The zero-order chi connectivity index (χ0) is 11.5. The highest BCUT2D eigenvalue weighted by atomic mass is 16.5. The third-order valence-corrected chi connectivity index (χ3v) is 3.58. The number of carbonyl (C=O) groups excluding carboxylic acids is 1. The molecule has 5 heteroatoms. The number of nitroso groups, excluding NO2 is 1. The molecule has 0 aromatic rings. The smallest absolute Gasteiger partial charge is 0.243 e. The lowest BCUT2D eigenvalue weighted by molar-refractivity contribution is -0.119. The van der Waals surface area contributed by atoms with E-state index in [0.717, 1.165) is 12.8 Å². The standard InChI is InChI=1S/C11H16N2O3/c1-16-9-4-2-7-3-5-10(14)13-11(7)8(9)6-12-15/h3,5,7-9,11H,2,4,6H2,1H3,(H,13,14). The van der Waals surface area contributed by atoms with E-state index in [1.54, 1.807) is 13.2 Å². The number of nitrogens with zero attached hydrogens (tertiary/aromatic N) is 1. The van der Waals surface area contributed by atoms with Crippen LogP contribution in [-0.2, 0) is 9.53 Å². The van der Waals surface area contributed by atoms with Gasteiger partial charge in [0, 0.05) is 19.1 Å². The van der Waals surface area contributed by atoms with Crippen LogP contribution < -0.4 is 5.32 Å². The van der Waals surface area contributed by atoms with Crippen molar-refractivity contribution in [3.63, 3.8) is 0 Å². The molecule has 0 radical (unpaired) electrons. The number of hydrogen-bond donors (Lipinski definition) is 1. The van der Waals surface area contributed by atoms with Crippen LogP contribution in [0.1, 0.15) is 12.8 Å². The van der Waals surface area contributed by atoms with Gasteiger partial charge in [-0.15, -0.1) is 0 Å². The predicted molar refractivity (Wildman–Crippen MR) is 58.7 cm³/mol. The quantitative estimate of drug-likeness (QED) is 0.722. The zero-order valence-electron chi connectivity index (χ0n) is 9.26.